The van der Waals surface area contributed by atoms with E-state index in [1.165, 1.54) is 30.4 Å². The van der Waals surface area contributed by atoms with Crippen molar-refractivity contribution in [3.8, 4) is 0 Å². The summed E-state index contributed by atoms with van der Waals surface area (Å²) in [5.41, 5.74) is 2.78. The molecule has 1 aromatic carbocycles. The van der Waals surface area contributed by atoms with Crippen LogP contribution in [-0.4, -0.2) is 25.7 Å². The van der Waals surface area contributed by atoms with Crippen LogP contribution in [0.15, 0.2) is 24.3 Å². The van der Waals surface area contributed by atoms with Gasteiger partial charge in [0.05, 0.1) is 0 Å². The lowest BCUT2D eigenvalue weighted by Gasteiger charge is -2.14. The fraction of sp³-hybridized carbons (Fsp3) is 0.625. The predicted molar refractivity (Wildman–Crippen MR) is 80.1 cm³/mol. The average molecular weight is 248 g/mol. The zero-order valence-electron chi connectivity index (χ0n) is 12.1. The standard InChI is InChI=1S/C16H28N2/c1-4-11-17-13-15(3)18-12-5-6-16-9-7-14(2)8-10-16/h7-10,15,17-18H,4-6,11-13H2,1-3H3. The average Bonchev–Trinajstić information content (AvgIpc) is 2.37. The van der Waals surface area contributed by atoms with E-state index >= 15 is 0 Å². The first-order valence-corrected chi connectivity index (χ1v) is 7.22. The van der Waals surface area contributed by atoms with Crippen LogP contribution in [0.25, 0.3) is 0 Å². The van der Waals surface area contributed by atoms with Crippen LogP contribution in [0.3, 0.4) is 0 Å². The van der Waals surface area contributed by atoms with Crippen LogP contribution in [0.2, 0.25) is 0 Å². The second-order valence-corrected chi connectivity index (χ2v) is 5.15. The molecule has 0 saturated carbocycles. The first-order chi connectivity index (χ1) is 8.72. The molecule has 102 valence electrons. The van der Waals surface area contributed by atoms with Crippen molar-refractivity contribution in [1.82, 2.24) is 10.6 Å². The number of benzene rings is 1. The highest BCUT2D eigenvalue weighted by molar-refractivity contribution is 5.21. The number of rotatable bonds is 9. The minimum atomic E-state index is 0.564. The van der Waals surface area contributed by atoms with Crippen molar-refractivity contribution in [2.24, 2.45) is 0 Å². The van der Waals surface area contributed by atoms with Gasteiger partial charge in [0.25, 0.3) is 0 Å². The largest absolute Gasteiger partial charge is 0.315 e. The van der Waals surface area contributed by atoms with Gasteiger partial charge < -0.3 is 10.6 Å². The molecule has 1 rings (SSSR count). The highest BCUT2D eigenvalue weighted by Crippen LogP contribution is 2.05. The van der Waals surface area contributed by atoms with E-state index in [9.17, 15) is 0 Å². The van der Waals surface area contributed by atoms with Gasteiger partial charge in [0, 0.05) is 12.6 Å². The topological polar surface area (TPSA) is 24.1 Å². The summed E-state index contributed by atoms with van der Waals surface area (Å²) in [4.78, 5) is 0. The second kappa shape index (κ2) is 9.12. The van der Waals surface area contributed by atoms with Crippen molar-refractivity contribution in [3.05, 3.63) is 35.4 Å². The van der Waals surface area contributed by atoms with Crippen LogP contribution < -0.4 is 10.6 Å². The molecule has 2 heteroatoms. The molecule has 2 N–H and O–H groups in total. The maximum Gasteiger partial charge on any atom is 0.0164 e. The lowest BCUT2D eigenvalue weighted by molar-refractivity contribution is 0.496. The van der Waals surface area contributed by atoms with Crippen molar-refractivity contribution in [2.75, 3.05) is 19.6 Å². The first kappa shape index (κ1) is 15.2. The molecule has 0 heterocycles. The Morgan fingerprint density at radius 2 is 1.83 bits per heavy atom. The first-order valence-electron chi connectivity index (χ1n) is 7.22. The fourth-order valence-electron chi connectivity index (χ4n) is 1.96. The molecule has 18 heavy (non-hydrogen) atoms. The summed E-state index contributed by atoms with van der Waals surface area (Å²) >= 11 is 0. The van der Waals surface area contributed by atoms with Gasteiger partial charge in [0.2, 0.25) is 0 Å². The molecule has 0 aliphatic carbocycles. The lowest BCUT2D eigenvalue weighted by atomic mass is 10.1. The summed E-state index contributed by atoms with van der Waals surface area (Å²) in [6.45, 7) is 9.87. The van der Waals surface area contributed by atoms with E-state index in [4.69, 9.17) is 0 Å². The number of nitrogens with one attached hydrogen (secondary N) is 2. The van der Waals surface area contributed by atoms with E-state index in [1.807, 2.05) is 0 Å². The predicted octanol–water partition coefficient (Wildman–Crippen LogP) is 2.91. The van der Waals surface area contributed by atoms with E-state index in [1.54, 1.807) is 0 Å². The summed E-state index contributed by atoms with van der Waals surface area (Å²) in [5, 5.41) is 7.00. The zero-order chi connectivity index (χ0) is 13.2. The van der Waals surface area contributed by atoms with E-state index < -0.39 is 0 Å². The van der Waals surface area contributed by atoms with Gasteiger partial charge >= 0.3 is 0 Å². The van der Waals surface area contributed by atoms with Crippen molar-refractivity contribution in [3.63, 3.8) is 0 Å². The molecular weight excluding hydrogens is 220 g/mol. The van der Waals surface area contributed by atoms with E-state index in [0.717, 1.165) is 19.6 Å². The van der Waals surface area contributed by atoms with E-state index in [0.29, 0.717) is 6.04 Å². The Bertz CT molecular complexity index is 305. The highest BCUT2D eigenvalue weighted by Gasteiger charge is 1.99. The molecule has 1 aromatic rings. The van der Waals surface area contributed by atoms with Gasteiger partial charge in [-0.05, 0) is 51.8 Å². The monoisotopic (exact) mass is 248 g/mol. The van der Waals surface area contributed by atoms with Crippen LogP contribution in [0, 0.1) is 6.92 Å². The van der Waals surface area contributed by atoms with Crippen molar-refractivity contribution >= 4 is 0 Å². The third kappa shape index (κ3) is 6.77. The Morgan fingerprint density at radius 3 is 2.50 bits per heavy atom. The quantitative estimate of drug-likeness (QED) is 0.657. The fourth-order valence-corrected chi connectivity index (χ4v) is 1.96. The SMILES string of the molecule is CCCNCC(C)NCCCc1ccc(C)cc1. The van der Waals surface area contributed by atoms with E-state index in [-0.39, 0.29) is 0 Å². The summed E-state index contributed by atoms with van der Waals surface area (Å²) in [5.74, 6) is 0. The summed E-state index contributed by atoms with van der Waals surface area (Å²) < 4.78 is 0. The molecule has 0 aromatic heterocycles. The zero-order valence-corrected chi connectivity index (χ0v) is 12.1. The maximum atomic E-state index is 3.56. The van der Waals surface area contributed by atoms with Crippen molar-refractivity contribution in [2.45, 2.75) is 46.1 Å². The molecule has 0 fully saturated rings. The molecule has 1 atom stereocenters. The summed E-state index contributed by atoms with van der Waals surface area (Å²) in [6, 6.07) is 9.43. The van der Waals surface area contributed by atoms with Gasteiger partial charge in [-0.15, -0.1) is 0 Å². The minimum absolute atomic E-state index is 0.564. The van der Waals surface area contributed by atoms with Crippen LogP contribution in [0.5, 0.6) is 0 Å². The van der Waals surface area contributed by atoms with Gasteiger partial charge in [-0.2, -0.15) is 0 Å². The number of hydrogen-bond acceptors (Lipinski definition) is 2. The number of hydrogen-bond donors (Lipinski definition) is 2. The van der Waals surface area contributed by atoms with Crippen LogP contribution in [-0.2, 0) is 6.42 Å². The van der Waals surface area contributed by atoms with Crippen LogP contribution >= 0.6 is 0 Å². The Kier molecular flexibility index (Phi) is 7.70. The normalized spacial score (nSPS) is 12.6. The molecule has 0 aliphatic heterocycles. The maximum absolute atomic E-state index is 3.56. The van der Waals surface area contributed by atoms with Crippen molar-refractivity contribution < 1.29 is 0 Å². The van der Waals surface area contributed by atoms with Crippen LogP contribution in [0.4, 0.5) is 0 Å². The molecule has 0 radical (unpaired) electrons. The Morgan fingerprint density at radius 1 is 1.11 bits per heavy atom. The molecule has 0 saturated heterocycles. The second-order valence-electron chi connectivity index (χ2n) is 5.15. The van der Waals surface area contributed by atoms with Crippen LogP contribution in [0.1, 0.15) is 37.8 Å². The minimum Gasteiger partial charge on any atom is -0.315 e. The molecule has 0 aliphatic rings. The number of aryl methyl sites for hydroxylation is 2. The Hall–Kier alpha value is -0.860. The molecule has 2 nitrogen and oxygen atoms in total. The Labute approximate surface area is 112 Å². The van der Waals surface area contributed by atoms with Gasteiger partial charge in [-0.3, -0.25) is 0 Å². The Balaban J connectivity index is 2.05. The van der Waals surface area contributed by atoms with Gasteiger partial charge in [0.15, 0.2) is 0 Å². The lowest BCUT2D eigenvalue weighted by Crippen LogP contribution is -2.37. The molecule has 0 amide bonds. The van der Waals surface area contributed by atoms with Gasteiger partial charge in [0.1, 0.15) is 0 Å². The highest BCUT2D eigenvalue weighted by atomic mass is 15.0. The van der Waals surface area contributed by atoms with Gasteiger partial charge in [-0.1, -0.05) is 36.8 Å². The third-order valence-electron chi connectivity index (χ3n) is 3.13. The smallest absolute Gasteiger partial charge is 0.0164 e. The molecule has 0 spiro atoms. The molecule has 0 bridgehead atoms. The summed E-state index contributed by atoms with van der Waals surface area (Å²) in [7, 11) is 0. The summed E-state index contributed by atoms with van der Waals surface area (Å²) in [6.07, 6.45) is 3.59. The van der Waals surface area contributed by atoms with E-state index in [2.05, 4.69) is 55.7 Å². The molecular formula is C16H28N2. The molecule has 1 unspecified atom stereocenters. The third-order valence-corrected chi connectivity index (χ3v) is 3.13. The van der Waals surface area contributed by atoms with Gasteiger partial charge in [-0.25, -0.2) is 0 Å². The van der Waals surface area contributed by atoms with Crippen molar-refractivity contribution in [1.29, 1.82) is 0 Å².